The minimum Gasteiger partial charge on any atom is -0.341 e. The number of para-hydroxylation sites is 2. The molecule has 5 heteroatoms. The average molecular weight is 334 g/mol. The molecule has 25 heavy (non-hydrogen) atoms. The largest absolute Gasteiger partial charge is 0.341 e. The zero-order chi connectivity index (χ0) is 17.1. The number of ketones is 1. The normalized spacial score (nSPS) is 16.3. The van der Waals surface area contributed by atoms with Crippen LogP contribution in [0.4, 0.5) is 0 Å². The monoisotopic (exact) mass is 334 g/mol. The molecule has 4 rings (SSSR count). The second kappa shape index (κ2) is 7.17. The quantitative estimate of drug-likeness (QED) is 0.729. The summed E-state index contributed by atoms with van der Waals surface area (Å²) in [7, 11) is 0. The molecule has 2 heterocycles. The minimum absolute atomic E-state index is 0.200. The van der Waals surface area contributed by atoms with Crippen LogP contribution in [0.3, 0.4) is 0 Å². The van der Waals surface area contributed by atoms with Gasteiger partial charge < -0.3 is 4.98 Å². The van der Waals surface area contributed by atoms with Gasteiger partial charge in [0, 0.05) is 31.7 Å². The second-order valence-corrected chi connectivity index (χ2v) is 6.54. The number of nitrogens with zero attached hydrogens (tertiary/aromatic N) is 3. The molecule has 0 amide bonds. The summed E-state index contributed by atoms with van der Waals surface area (Å²) in [6.45, 7) is 5.08. The minimum atomic E-state index is 0.200. The van der Waals surface area contributed by atoms with E-state index in [-0.39, 0.29) is 5.78 Å². The van der Waals surface area contributed by atoms with Crippen molar-refractivity contribution in [1.82, 2.24) is 19.8 Å². The summed E-state index contributed by atoms with van der Waals surface area (Å²) in [5.74, 6) is 1.21. The molecule has 0 saturated carbocycles. The van der Waals surface area contributed by atoms with Gasteiger partial charge in [-0.2, -0.15) is 0 Å². The number of fused-ring (bicyclic) bond motifs is 1. The fourth-order valence-electron chi connectivity index (χ4n) is 3.32. The molecule has 0 unspecified atom stereocenters. The van der Waals surface area contributed by atoms with Crippen molar-refractivity contribution in [2.45, 2.75) is 6.54 Å². The Morgan fingerprint density at radius 3 is 2.36 bits per heavy atom. The molecule has 2 aromatic carbocycles. The molecule has 1 saturated heterocycles. The fraction of sp³-hybridized carbons (Fsp3) is 0.300. The molecule has 5 nitrogen and oxygen atoms in total. The summed E-state index contributed by atoms with van der Waals surface area (Å²) in [6.07, 6.45) is 0. The summed E-state index contributed by atoms with van der Waals surface area (Å²) in [5.41, 5.74) is 2.90. The number of carbonyl (C=O) groups excluding carboxylic acids is 1. The van der Waals surface area contributed by atoms with Crippen LogP contribution in [-0.4, -0.2) is 58.3 Å². The first kappa shape index (κ1) is 16.0. The number of aromatic amines is 1. The molecule has 0 atom stereocenters. The van der Waals surface area contributed by atoms with Gasteiger partial charge in [-0.15, -0.1) is 0 Å². The van der Waals surface area contributed by atoms with E-state index in [1.54, 1.807) is 0 Å². The lowest BCUT2D eigenvalue weighted by Crippen LogP contribution is -2.47. The Labute approximate surface area is 147 Å². The molecule has 128 valence electrons. The predicted octanol–water partition coefficient (Wildman–Crippen LogP) is 2.56. The van der Waals surface area contributed by atoms with Gasteiger partial charge in [0.2, 0.25) is 0 Å². The van der Waals surface area contributed by atoms with Crippen molar-refractivity contribution in [3.63, 3.8) is 0 Å². The smallest absolute Gasteiger partial charge is 0.176 e. The summed E-state index contributed by atoms with van der Waals surface area (Å²) < 4.78 is 0. The van der Waals surface area contributed by atoms with E-state index in [0.717, 1.165) is 55.1 Å². The van der Waals surface area contributed by atoms with Crippen LogP contribution in [0, 0.1) is 0 Å². The zero-order valence-electron chi connectivity index (χ0n) is 14.2. The number of aromatic nitrogens is 2. The number of piperazine rings is 1. The maximum absolute atomic E-state index is 12.3. The Balaban J connectivity index is 1.30. The Morgan fingerprint density at radius 1 is 0.920 bits per heavy atom. The number of hydrogen-bond donors (Lipinski definition) is 1. The Kier molecular flexibility index (Phi) is 4.59. The number of carbonyl (C=O) groups is 1. The Hall–Kier alpha value is -2.50. The van der Waals surface area contributed by atoms with Gasteiger partial charge in [0.1, 0.15) is 5.82 Å². The van der Waals surface area contributed by atoms with Crippen LogP contribution >= 0.6 is 0 Å². The number of H-pyrrole nitrogens is 1. The molecule has 1 aliphatic heterocycles. The Bertz CT molecular complexity index is 817. The highest BCUT2D eigenvalue weighted by molar-refractivity contribution is 5.97. The lowest BCUT2D eigenvalue weighted by molar-refractivity contribution is 0.0840. The summed E-state index contributed by atoms with van der Waals surface area (Å²) in [4.78, 5) is 25.0. The third-order valence-corrected chi connectivity index (χ3v) is 4.74. The lowest BCUT2D eigenvalue weighted by Gasteiger charge is -2.33. The maximum Gasteiger partial charge on any atom is 0.176 e. The molecule has 0 spiro atoms. The van der Waals surface area contributed by atoms with Crippen LogP contribution in [0.15, 0.2) is 54.6 Å². The number of benzene rings is 2. The second-order valence-electron chi connectivity index (χ2n) is 6.54. The number of Topliss-reactive ketones (excluding diaryl/α,β-unsaturated/α-hetero) is 1. The van der Waals surface area contributed by atoms with Gasteiger partial charge in [-0.05, 0) is 12.1 Å². The molecule has 0 aliphatic carbocycles. The number of hydrogen-bond acceptors (Lipinski definition) is 4. The van der Waals surface area contributed by atoms with E-state index in [1.807, 2.05) is 48.5 Å². The summed E-state index contributed by atoms with van der Waals surface area (Å²) in [5, 5.41) is 0. The van der Waals surface area contributed by atoms with Gasteiger partial charge in [-0.3, -0.25) is 14.6 Å². The van der Waals surface area contributed by atoms with Crippen molar-refractivity contribution >= 4 is 16.8 Å². The molecule has 1 aliphatic rings. The Morgan fingerprint density at radius 2 is 1.60 bits per heavy atom. The van der Waals surface area contributed by atoms with E-state index in [9.17, 15) is 4.79 Å². The van der Waals surface area contributed by atoms with Crippen LogP contribution in [0.1, 0.15) is 16.2 Å². The molecule has 3 aromatic rings. The van der Waals surface area contributed by atoms with Gasteiger partial charge in [0.05, 0.1) is 24.1 Å². The van der Waals surface area contributed by atoms with Crippen LogP contribution in [-0.2, 0) is 6.54 Å². The summed E-state index contributed by atoms with van der Waals surface area (Å²) >= 11 is 0. The molecular weight excluding hydrogens is 312 g/mol. The third kappa shape index (κ3) is 3.78. The first-order chi connectivity index (χ1) is 12.3. The van der Waals surface area contributed by atoms with E-state index in [0.29, 0.717) is 6.54 Å². The van der Waals surface area contributed by atoms with Gasteiger partial charge >= 0.3 is 0 Å². The van der Waals surface area contributed by atoms with E-state index in [4.69, 9.17) is 0 Å². The highest BCUT2D eigenvalue weighted by Crippen LogP contribution is 2.13. The number of imidazole rings is 1. The fourth-order valence-corrected chi connectivity index (χ4v) is 3.32. The van der Waals surface area contributed by atoms with Crippen LogP contribution in [0.2, 0.25) is 0 Å². The van der Waals surface area contributed by atoms with E-state index in [2.05, 4.69) is 25.8 Å². The molecule has 0 radical (unpaired) electrons. The summed E-state index contributed by atoms with van der Waals surface area (Å²) in [6, 6.07) is 17.7. The van der Waals surface area contributed by atoms with E-state index >= 15 is 0 Å². The molecule has 1 aromatic heterocycles. The molecule has 1 N–H and O–H groups in total. The van der Waals surface area contributed by atoms with E-state index < -0.39 is 0 Å². The van der Waals surface area contributed by atoms with Crippen molar-refractivity contribution in [2.75, 3.05) is 32.7 Å². The highest BCUT2D eigenvalue weighted by Gasteiger charge is 2.20. The van der Waals surface area contributed by atoms with Crippen LogP contribution in [0.25, 0.3) is 11.0 Å². The maximum atomic E-state index is 12.3. The number of nitrogens with one attached hydrogen (secondary N) is 1. The van der Waals surface area contributed by atoms with Crippen molar-refractivity contribution in [1.29, 1.82) is 0 Å². The van der Waals surface area contributed by atoms with Gasteiger partial charge in [-0.25, -0.2) is 4.98 Å². The zero-order valence-corrected chi connectivity index (χ0v) is 14.2. The first-order valence-corrected chi connectivity index (χ1v) is 8.74. The number of rotatable bonds is 5. The van der Waals surface area contributed by atoms with Gasteiger partial charge in [0.15, 0.2) is 5.78 Å². The SMILES string of the molecule is O=C(CN1CCN(Cc2nc3ccccc3[nH]2)CC1)c1ccccc1. The van der Waals surface area contributed by atoms with Crippen molar-refractivity contribution in [2.24, 2.45) is 0 Å². The van der Waals surface area contributed by atoms with Crippen LogP contribution < -0.4 is 0 Å². The lowest BCUT2D eigenvalue weighted by atomic mass is 10.1. The topological polar surface area (TPSA) is 52.2 Å². The highest BCUT2D eigenvalue weighted by atomic mass is 16.1. The van der Waals surface area contributed by atoms with Gasteiger partial charge in [-0.1, -0.05) is 42.5 Å². The molecule has 1 fully saturated rings. The van der Waals surface area contributed by atoms with Gasteiger partial charge in [0.25, 0.3) is 0 Å². The average Bonchev–Trinajstić information content (AvgIpc) is 3.06. The third-order valence-electron chi connectivity index (χ3n) is 4.74. The molecule has 0 bridgehead atoms. The van der Waals surface area contributed by atoms with E-state index in [1.165, 1.54) is 0 Å². The van der Waals surface area contributed by atoms with Crippen molar-refractivity contribution in [3.8, 4) is 0 Å². The van der Waals surface area contributed by atoms with Crippen LogP contribution in [0.5, 0.6) is 0 Å². The standard InChI is InChI=1S/C20H22N4O/c25-19(16-6-2-1-3-7-16)14-23-10-12-24(13-11-23)15-20-21-17-8-4-5-9-18(17)22-20/h1-9H,10-15H2,(H,21,22). The predicted molar refractivity (Wildman–Crippen MR) is 98.6 cm³/mol. The first-order valence-electron chi connectivity index (χ1n) is 8.74. The van der Waals surface area contributed by atoms with Crippen molar-refractivity contribution < 1.29 is 4.79 Å². The molecular formula is C20H22N4O. The van der Waals surface area contributed by atoms with Crippen molar-refractivity contribution in [3.05, 3.63) is 66.0 Å².